The van der Waals surface area contributed by atoms with E-state index in [1.807, 2.05) is 0 Å². The molecule has 0 bridgehead atoms. The highest BCUT2D eigenvalue weighted by atomic mass is 19.1. The monoisotopic (exact) mass is 590 g/mol. The number of carbonyl (C=O) groups is 5. The molecule has 4 aliphatic rings. The lowest BCUT2D eigenvalue weighted by Gasteiger charge is -2.59. The number of halogens is 1. The van der Waals surface area contributed by atoms with Crippen molar-refractivity contribution >= 4 is 29.5 Å². The van der Waals surface area contributed by atoms with Crippen molar-refractivity contribution in [2.45, 2.75) is 83.4 Å². The standard InChI is InChI=1S/C31H43FN2O8/c1-19-15-23-22-10-9-20-16-21(35)11-12-28(20,2)30(22,32)24(36)17-29(23,3)31(19,40)25(37)18-42-27(39)34-13-7-5-6-8-14-41-26(38)33-4/h11-12,16,19,22-23,40H,5-10,13-15,17-18H2,1-4H3,(H,33,38)(H,34,39). The predicted octanol–water partition coefficient (Wildman–Crippen LogP) is 3.75. The SMILES string of the molecule is CNC(=O)OCCCCCCNC(=O)OCC(=O)C1(O)C(C)CC2C3CCC4=CC(=O)C=CC4(C)C3(F)C(=O)CC21C. The number of alkyl halides is 1. The molecule has 7 unspecified atom stereocenters. The minimum atomic E-state index is -2.25. The summed E-state index contributed by atoms with van der Waals surface area (Å²) in [6.07, 6.45) is 6.77. The fraction of sp³-hybridized carbons (Fsp3) is 0.710. The number of ketones is 3. The molecular formula is C31H43FN2O8. The third-order valence-corrected chi connectivity index (χ3v) is 10.5. The number of fused-ring (bicyclic) bond motifs is 5. The van der Waals surface area contributed by atoms with Crippen LogP contribution >= 0.6 is 0 Å². The van der Waals surface area contributed by atoms with Crippen LogP contribution in [0.25, 0.3) is 0 Å². The van der Waals surface area contributed by atoms with Crippen LogP contribution in [0, 0.1) is 28.6 Å². The van der Waals surface area contributed by atoms with E-state index in [2.05, 4.69) is 10.6 Å². The fourth-order valence-electron chi connectivity index (χ4n) is 8.17. The van der Waals surface area contributed by atoms with E-state index in [-0.39, 0.29) is 12.2 Å². The van der Waals surface area contributed by atoms with Gasteiger partial charge in [0.05, 0.1) is 6.61 Å². The third-order valence-electron chi connectivity index (χ3n) is 10.5. The van der Waals surface area contributed by atoms with Gasteiger partial charge in [-0.1, -0.05) is 31.9 Å². The van der Waals surface area contributed by atoms with Crippen LogP contribution in [0.1, 0.15) is 72.1 Å². The number of Topliss-reactive ketones (excluding diaryl/α,β-unsaturated/α-hetero) is 2. The molecule has 232 valence electrons. The van der Waals surface area contributed by atoms with Gasteiger partial charge in [-0.15, -0.1) is 0 Å². The molecule has 0 aliphatic heterocycles. The number of hydrogen-bond acceptors (Lipinski definition) is 8. The molecule has 42 heavy (non-hydrogen) atoms. The minimum Gasteiger partial charge on any atom is -0.450 e. The first-order valence-electron chi connectivity index (χ1n) is 14.9. The molecule has 10 nitrogen and oxygen atoms in total. The molecule has 3 saturated carbocycles. The Morgan fingerprint density at radius 2 is 1.79 bits per heavy atom. The number of nitrogens with one attached hydrogen (secondary N) is 2. The second-order valence-electron chi connectivity index (χ2n) is 12.7. The van der Waals surface area contributed by atoms with Crippen molar-refractivity contribution in [2.75, 3.05) is 26.8 Å². The Kier molecular flexibility index (Phi) is 9.02. The number of unbranched alkanes of at least 4 members (excludes halogenated alkanes) is 3. The maximum Gasteiger partial charge on any atom is 0.407 e. The summed E-state index contributed by atoms with van der Waals surface area (Å²) in [6, 6.07) is 0. The lowest BCUT2D eigenvalue weighted by molar-refractivity contribution is -0.187. The number of hydrogen-bond donors (Lipinski definition) is 3. The normalized spacial score (nSPS) is 36.7. The summed E-state index contributed by atoms with van der Waals surface area (Å²) in [7, 11) is 1.49. The van der Waals surface area contributed by atoms with Gasteiger partial charge in [0.25, 0.3) is 0 Å². The van der Waals surface area contributed by atoms with Crippen LogP contribution in [0.2, 0.25) is 0 Å². The first-order chi connectivity index (χ1) is 19.8. The van der Waals surface area contributed by atoms with Crippen LogP contribution in [-0.4, -0.2) is 72.7 Å². The zero-order chi connectivity index (χ0) is 30.9. The largest absolute Gasteiger partial charge is 0.450 e. The molecular weight excluding hydrogens is 547 g/mol. The Morgan fingerprint density at radius 1 is 1.07 bits per heavy atom. The summed E-state index contributed by atoms with van der Waals surface area (Å²) in [4.78, 5) is 62.5. The van der Waals surface area contributed by atoms with Crippen molar-refractivity contribution in [3.05, 3.63) is 23.8 Å². The lowest BCUT2D eigenvalue weighted by atomic mass is 9.45. The van der Waals surface area contributed by atoms with E-state index in [4.69, 9.17) is 9.47 Å². The highest BCUT2D eigenvalue weighted by molar-refractivity contribution is 6.03. The van der Waals surface area contributed by atoms with Gasteiger partial charge < -0.3 is 25.2 Å². The van der Waals surface area contributed by atoms with Crippen molar-refractivity contribution in [3.63, 3.8) is 0 Å². The first kappa shape index (κ1) is 31.8. The Morgan fingerprint density at radius 3 is 2.50 bits per heavy atom. The highest BCUT2D eigenvalue weighted by Gasteiger charge is 2.75. The molecule has 0 saturated heterocycles. The minimum absolute atomic E-state index is 0.222. The van der Waals surface area contributed by atoms with Crippen LogP contribution in [0.3, 0.4) is 0 Å². The molecule has 7 atom stereocenters. The summed E-state index contributed by atoms with van der Waals surface area (Å²) in [5, 5.41) is 16.9. The van der Waals surface area contributed by atoms with E-state index in [0.717, 1.165) is 12.8 Å². The van der Waals surface area contributed by atoms with Crippen LogP contribution < -0.4 is 10.6 Å². The van der Waals surface area contributed by atoms with Gasteiger partial charge in [0, 0.05) is 36.8 Å². The van der Waals surface area contributed by atoms with E-state index in [9.17, 15) is 29.1 Å². The van der Waals surface area contributed by atoms with Crippen LogP contribution in [0.4, 0.5) is 14.0 Å². The average molecular weight is 591 g/mol. The number of alkyl carbamates (subject to hydrolysis) is 2. The number of ether oxygens (including phenoxy) is 2. The summed E-state index contributed by atoms with van der Waals surface area (Å²) in [5.74, 6) is -3.35. The molecule has 0 aromatic carbocycles. The highest BCUT2D eigenvalue weighted by Crippen LogP contribution is 2.69. The van der Waals surface area contributed by atoms with E-state index in [0.29, 0.717) is 50.8 Å². The number of amides is 2. The van der Waals surface area contributed by atoms with Crippen molar-refractivity contribution in [1.29, 1.82) is 0 Å². The Labute approximate surface area is 245 Å². The van der Waals surface area contributed by atoms with Gasteiger partial charge in [0.15, 0.2) is 23.8 Å². The lowest BCUT2D eigenvalue weighted by Crippen LogP contribution is -2.68. The molecule has 4 aliphatic carbocycles. The van der Waals surface area contributed by atoms with Crippen molar-refractivity contribution < 1.29 is 42.9 Å². The van der Waals surface area contributed by atoms with Crippen LogP contribution in [0.15, 0.2) is 23.8 Å². The van der Waals surface area contributed by atoms with Gasteiger partial charge in [-0.3, -0.25) is 14.4 Å². The molecule has 0 spiro atoms. The Bertz CT molecular complexity index is 1200. The summed E-state index contributed by atoms with van der Waals surface area (Å²) >= 11 is 0. The Hall–Kier alpha value is -3.08. The summed E-state index contributed by atoms with van der Waals surface area (Å²) in [5.41, 5.74) is -6.09. The number of rotatable bonds is 10. The van der Waals surface area contributed by atoms with E-state index in [1.165, 1.54) is 25.3 Å². The van der Waals surface area contributed by atoms with Crippen molar-refractivity contribution in [1.82, 2.24) is 10.6 Å². The number of aliphatic hydroxyl groups is 1. The summed E-state index contributed by atoms with van der Waals surface area (Å²) in [6.45, 7) is 5.05. The second-order valence-corrected chi connectivity index (χ2v) is 12.7. The summed E-state index contributed by atoms with van der Waals surface area (Å²) < 4.78 is 27.2. The molecule has 0 heterocycles. The fourth-order valence-corrected chi connectivity index (χ4v) is 8.17. The van der Waals surface area contributed by atoms with E-state index in [1.54, 1.807) is 20.8 Å². The van der Waals surface area contributed by atoms with Crippen LogP contribution in [0.5, 0.6) is 0 Å². The maximum atomic E-state index is 17.2. The van der Waals surface area contributed by atoms with Gasteiger partial charge in [-0.25, -0.2) is 14.0 Å². The zero-order valence-electron chi connectivity index (χ0n) is 24.9. The van der Waals surface area contributed by atoms with Crippen molar-refractivity contribution in [3.8, 4) is 0 Å². The Balaban J connectivity index is 1.35. The van der Waals surface area contributed by atoms with E-state index >= 15 is 4.39 Å². The maximum absolute atomic E-state index is 17.2. The zero-order valence-corrected chi connectivity index (χ0v) is 24.9. The average Bonchev–Trinajstić information content (AvgIpc) is 3.15. The quantitative estimate of drug-likeness (QED) is 0.326. The molecule has 0 aromatic heterocycles. The molecule has 11 heteroatoms. The first-order valence-corrected chi connectivity index (χ1v) is 14.9. The van der Waals surface area contributed by atoms with E-state index < -0.39 is 70.2 Å². The number of allylic oxidation sites excluding steroid dienone is 4. The van der Waals surface area contributed by atoms with Gasteiger partial charge >= 0.3 is 12.2 Å². The molecule has 0 radical (unpaired) electrons. The second kappa shape index (κ2) is 11.9. The predicted molar refractivity (Wildman–Crippen MR) is 150 cm³/mol. The molecule has 4 rings (SSSR count). The molecule has 2 amide bonds. The van der Waals surface area contributed by atoms with Gasteiger partial charge in [0.1, 0.15) is 5.60 Å². The van der Waals surface area contributed by atoms with Crippen LogP contribution in [-0.2, 0) is 23.9 Å². The third kappa shape index (κ3) is 5.07. The topological polar surface area (TPSA) is 148 Å². The molecule has 3 N–H and O–H groups in total. The molecule has 3 fully saturated rings. The van der Waals surface area contributed by atoms with Crippen molar-refractivity contribution in [2.24, 2.45) is 28.6 Å². The van der Waals surface area contributed by atoms with Gasteiger partial charge in [0.2, 0.25) is 5.78 Å². The van der Waals surface area contributed by atoms with Gasteiger partial charge in [-0.05, 0) is 69.4 Å². The van der Waals surface area contributed by atoms with Gasteiger partial charge in [-0.2, -0.15) is 0 Å². The number of carbonyl (C=O) groups excluding carboxylic acids is 5. The molecule has 0 aromatic rings. The smallest absolute Gasteiger partial charge is 0.407 e.